The van der Waals surface area contributed by atoms with Crippen molar-refractivity contribution in [3.8, 4) is 0 Å². The lowest BCUT2D eigenvalue weighted by Gasteiger charge is -2.38. The molecule has 1 aliphatic rings. The average Bonchev–Trinajstić information content (AvgIpc) is 2.80. The van der Waals surface area contributed by atoms with Crippen LogP contribution in [-0.2, 0) is 9.53 Å². The van der Waals surface area contributed by atoms with Crippen LogP contribution in [0.4, 0.5) is 17.1 Å². The van der Waals surface area contributed by atoms with Crippen LogP contribution in [-0.4, -0.2) is 30.1 Å². The van der Waals surface area contributed by atoms with Crippen LogP contribution in [0.3, 0.4) is 0 Å². The second-order valence-corrected chi connectivity index (χ2v) is 9.91. The first-order valence-corrected chi connectivity index (χ1v) is 12.7. The molecule has 180 valence electrons. The van der Waals surface area contributed by atoms with Gasteiger partial charge in [0, 0.05) is 12.6 Å². The van der Waals surface area contributed by atoms with Gasteiger partial charge in [-0.05, 0) is 61.4 Å². The predicted molar refractivity (Wildman–Crippen MR) is 138 cm³/mol. The smallest absolute Gasteiger partial charge is 0.306 e. The molecule has 1 atom stereocenters. The third kappa shape index (κ3) is 7.36. The highest BCUT2D eigenvalue weighted by Gasteiger charge is 2.25. The van der Waals surface area contributed by atoms with Crippen molar-refractivity contribution in [3.63, 3.8) is 0 Å². The molecular weight excluding hydrogens is 434 g/mol. The monoisotopic (exact) mass is 471 g/mol. The van der Waals surface area contributed by atoms with Gasteiger partial charge in [0.2, 0.25) is 0 Å². The van der Waals surface area contributed by atoms with Crippen molar-refractivity contribution in [3.05, 3.63) is 47.2 Å². The van der Waals surface area contributed by atoms with E-state index in [1.165, 1.54) is 37.8 Å². The van der Waals surface area contributed by atoms with Gasteiger partial charge in [-0.25, -0.2) is 4.98 Å². The van der Waals surface area contributed by atoms with E-state index in [1.807, 2.05) is 13.0 Å². The third-order valence-electron chi connectivity index (χ3n) is 6.26. The number of esters is 1. The second-order valence-electron chi connectivity index (χ2n) is 9.52. The number of hydrogen-bond donors (Lipinski definition) is 1. The van der Waals surface area contributed by atoms with Gasteiger partial charge in [-0.15, -0.1) is 0 Å². The lowest BCUT2D eigenvalue weighted by molar-refractivity contribution is -0.143. The van der Waals surface area contributed by atoms with Gasteiger partial charge < -0.3 is 15.0 Å². The molecule has 3 rings (SSSR count). The summed E-state index contributed by atoms with van der Waals surface area (Å²) in [5.41, 5.74) is 4.25. The van der Waals surface area contributed by atoms with Crippen molar-refractivity contribution >= 4 is 34.6 Å². The molecule has 1 aliphatic carbocycles. The van der Waals surface area contributed by atoms with Gasteiger partial charge in [-0.2, -0.15) is 0 Å². The first kappa shape index (κ1) is 25.4. The number of nitrogens with one attached hydrogen (secondary N) is 1. The van der Waals surface area contributed by atoms with Crippen molar-refractivity contribution in [1.82, 2.24) is 4.98 Å². The molecule has 33 heavy (non-hydrogen) atoms. The summed E-state index contributed by atoms with van der Waals surface area (Å²) in [4.78, 5) is 18.9. The number of aromatic nitrogens is 1. The van der Waals surface area contributed by atoms with E-state index in [2.05, 4.69) is 54.2 Å². The number of carbonyl (C=O) groups excluding carboxylic acids is 1. The molecule has 1 unspecified atom stereocenters. The van der Waals surface area contributed by atoms with E-state index in [0.717, 1.165) is 23.5 Å². The number of halogens is 1. The molecule has 0 saturated heterocycles. The van der Waals surface area contributed by atoms with Gasteiger partial charge in [0.25, 0.3) is 0 Å². The SMILES string of the molecule is CCOC(=O)CC(C)c1ccc(N(CC(C)C)C2CCCCC2)c(Nc2ccc(Cl)nc2)c1. The van der Waals surface area contributed by atoms with E-state index >= 15 is 0 Å². The maximum Gasteiger partial charge on any atom is 0.306 e. The minimum atomic E-state index is -0.158. The van der Waals surface area contributed by atoms with Crippen LogP contribution in [0.2, 0.25) is 5.15 Å². The lowest BCUT2D eigenvalue weighted by atomic mass is 9.92. The summed E-state index contributed by atoms with van der Waals surface area (Å²) in [7, 11) is 0. The van der Waals surface area contributed by atoms with Gasteiger partial charge in [0.15, 0.2) is 0 Å². The lowest BCUT2D eigenvalue weighted by Crippen LogP contribution is -2.39. The zero-order valence-corrected chi connectivity index (χ0v) is 21.2. The molecule has 1 saturated carbocycles. The quantitative estimate of drug-likeness (QED) is 0.290. The molecule has 0 amide bonds. The molecule has 0 radical (unpaired) electrons. The van der Waals surface area contributed by atoms with Gasteiger partial charge in [-0.1, -0.05) is 57.7 Å². The Labute approximate surface area is 203 Å². The number of hydrogen-bond acceptors (Lipinski definition) is 5. The third-order valence-corrected chi connectivity index (χ3v) is 6.48. The van der Waals surface area contributed by atoms with E-state index < -0.39 is 0 Å². The summed E-state index contributed by atoms with van der Waals surface area (Å²) in [5, 5.41) is 4.06. The molecule has 5 nitrogen and oxygen atoms in total. The number of rotatable bonds is 10. The number of benzene rings is 1. The summed E-state index contributed by atoms with van der Waals surface area (Å²) in [6.45, 7) is 9.90. The van der Waals surface area contributed by atoms with Crippen molar-refractivity contribution in [2.75, 3.05) is 23.4 Å². The first-order valence-electron chi connectivity index (χ1n) is 12.3. The zero-order chi connectivity index (χ0) is 23.8. The molecule has 0 bridgehead atoms. The topological polar surface area (TPSA) is 54.5 Å². The Morgan fingerprint density at radius 2 is 1.94 bits per heavy atom. The molecule has 6 heteroatoms. The second kappa shape index (κ2) is 12.3. The Bertz CT molecular complexity index is 895. The highest BCUT2D eigenvalue weighted by Crippen LogP contribution is 2.37. The molecule has 2 aromatic rings. The van der Waals surface area contributed by atoms with E-state index in [9.17, 15) is 4.79 Å². The summed E-state index contributed by atoms with van der Waals surface area (Å²) in [5.74, 6) is 0.462. The fraction of sp³-hybridized carbons (Fsp3) is 0.556. The van der Waals surface area contributed by atoms with Gasteiger partial charge in [0.05, 0.1) is 36.3 Å². The van der Waals surface area contributed by atoms with E-state index in [0.29, 0.717) is 30.1 Å². The Morgan fingerprint density at radius 3 is 2.58 bits per heavy atom. The zero-order valence-electron chi connectivity index (χ0n) is 20.4. The van der Waals surface area contributed by atoms with Gasteiger partial charge in [-0.3, -0.25) is 4.79 Å². The predicted octanol–water partition coefficient (Wildman–Crippen LogP) is 7.33. The number of carbonyl (C=O) groups is 1. The largest absolute Gasteiger partial charge is 0.466 e. The molecule has 1 aromatic heterocycles. The fourth-order valence-corrected chi connectivity index (χ4v) is 4.75. The van der Waals surface area contributed by atoms with E-state index in [1.54, 1.807) is 12.3 Å². The van der Waals surface area contributed by atoms with Crippen LogP contribution >= 0.6 is 11.6 Å². The van der Waals surface area contributed by atoms with Gasteiger partial charge in [0.1, 0.15) is 5.15 Å². The standard InChI is InChI=1S/C27H38ClN3O2/c1-5-33-27(32)15-20(4)21-11-13-25(24(16-21)30-22-12-14-26(28)29-17-22)31(18-19(2)3)23-9-7-6-8-10-23/h11-14,16-17,19-20,23,30H,5-10,15,18H2,1-4H3. The van der Waals surface area contributed by atoms with E-state index in [4.69, 9.17) is 16.3 Å². The van der Waals surface area contributed by atoms with Crippen molar-refractivity contribution in [1.29, 1.82) is 0 Å². The van der Waals surface area contributed by atoms with Crippen molar-refractivity contribution in [2.45, 2.75) is 78.2 Å². The van der Waals surface area contributed by atoms with Crippen LogP contribution in [0.5, 0.6) is 0 Å². The van der Waals surface area contributed by atoms with Crippen molar-refractivity contribution < 1.29 is 9.53 Å². The van der Waals surface area contributed by atoms with Crippen LogP contribution in [0.15, 0.2) is 36.5 Å². The molecule has 0 spiro atoms. The Balaban J connectivity index is 1.97. The van der Waals surface area contributed by atoms with Crippen LogP contribution in [0.1, 0.15) is 77.7 Å². The Hall–Kier alpha value is -2.27. The summed E-state index contributed by atoms with van der Waals surface area (Å²) < 4.78 is 5.17. The molecule has 1 fully saturated rings. The molecular formula is C27H38ClN3O2. The highest BCUT2D eigenvalue weighted by molar-refractivity contribution is 6.29. The molecule has 0 aliphatic heterocycles. The van der Waals surface area contributed by atoms with Crippen LogP contribution in [0.25, 0.3) is 0 Å². The minimum absolute atomic E-state index is 0.0650. The van der Waals surface area contributed by atoms with Crippen LogP contribution < -0.4 is 10.2 Å². The Kier molecular flexibility index (Phi) is 9.42. The number of nitrogens with zero attached hydrogens (tertiary/aromatic N) is 2. The van der Waals surface area contributed by atoms with Crippen LogP contribution in [0, 0.1) is 5.92 Å². The summed E-state index contributed by atoms with van der Waals surface area (Å²) >= 11 is 6.01. The summed E-state index contributed by atoms with van der Waals surface area (Å²) in [6, 6.07) is 10.9. The maximum atomic E-state index is 12.1. The fourth-order valence-electron chi connectivity index (χ4n) is 4.63. The minimum Gasteiger partial charge on any atom is -0.466 e. The molecule has 1 aromatic carbocycles. The maximum absolute atomic E-state index is 12.1. The van der Waals surface area contributed by atoms with Gasteiger partial charge >= 0.3 is 5.97 Å². The average molecular weight is 472 g/mol. The molecule has 1 N–H and O–H groups in total. The molecule has 1 heterocycles. The normalized spacial score (nSPS) is 15.3. The number of anilines is 3. The highest BCUT2D eigenvalue weighted by atomic mass is 35.5. The number of ether oxygens (including phenoxy) is 1. The summed E-state index contributed by atoms with van der Waals surface area (Å²) in [6.07, 6.45) is 8.50. The van der Waals surface area contributed by atoms with Crippen molar-refractivity contribution in [2.24, 2.45) is 5.92 Å². The van der Waals surface area contributed by atoms with E-state index in [-0.39, 0.29) is 11.9 Å². The number of pyridine rings is 1. The Morgan fingerprint density at radius 1 is 1.18 bits per heavy atom. The first-order chi connectivity index (χ1) is 15.9.